The van der Waals surface area contributed by atoms with Gasteiger partial charge in [0.05, 0.1) is 10.9 Å². The Morgan fingerprint density at radius 3 is 2.23 bits per heavy atom. The van der Waals surface area contributed by atoms with Crippen molar-refractivity contribution in [2.75, 3.05) is 0 Å². The molecule has 2 heterocycles. The summed E-state index contributed by atoms with van der Waals surface area (Å²) >= 11 is 5.89. The fraction of sp³-hybridized carbons (Fsp3) is 0.364. The third-order valence-electron chi connectivity index (χ3n) is 5.08. The first-order valence-electron chi connectivity index (χ1n) is 10.2. The van der Waals surface area contributed by atoms with Gasteiger partial charge in [-0.1, -0.05) is 37.6 Å². The van der Waals surface area contributed by atoms with Crippen molar-refractivity contribution in [2.45, 2.75) is 46.3 Å². The predicted octanol–water partition coefficient (Wildman–Crippen LogP) is 2.27. The number of carbonyl (C=O) groups is 1. The number of amides is 1. The first kappa shape index (κ1) is 22.6. The second-order valence-electron chi connectivity index (χ2n) is 7.35. The van der Waals surface area contributed by atoms with Crippen molar-refractivity contribution in [2.24, 2.45) is 7.05 Å². The van der Waals surface area contributed by atoms with E-state index in [9.17, 15) is 19.2 Å². The number of pyridine rings is 1. The van der Waals surface area contributed by atoms with Crippen LogP contribution in [0.25, 0.3) is 11.0 Å². The highest BCUT2D eigenvalue weighted by molar-refractivity contribution is 6.30. The maximum Gasteiger partial charge on any atom is 0.332 e. The molecule has 0 fully saturated rings. The van der Waals surface area contributed by atoms with Gasteiger partial charge in [0.2, 0.25) is 0 Å². The number of aromatic nitrogens is 3. The number of halogens is 1. The molecule has 0 aliphatic rings. The Morgan fingerprint density at radius 1 is 1.00 bits per heavy atom. The van der Waals surface area contributed by atoms with Crippen molar-refractivity contribution in [3.05, 3.63) is 77.7 Å². The molecule has 9 heteroatoms. The molecule has 1 N–H and O–H groups in total. The Morgan fingerprint density at radius 2 is 1.61 bits per heavy atom. The molecule has 1 aromatic carbocycles. The van der Waals surface area contributed by atoms with Crippen LogP contribution in [-0.2, 0) is 26.7 Å². The van der Waals surface area contributed by atoms with E-state index in [1.165, 1.54) is 22.2 Å². The summed E-state index contributed by atoms with van der Waals surface area (Å²) in [5, 5.41) is 3.40. The van der Waals surface area contributed by atoms with Gasteiger partial charge in [-0.15, -0.1) is 0 Å². The summed E-state index contributed by atoms with van der Waals surface area (Å²) in [5.41, 5.74) is -0.574. The molecule has 164 valence electrons. The topological polar surface area (TPSA) is 95.1 Å². The Hall–Kier alpha value is -3.13. The SMILES string of the molecule is CCCn1c(=O)c2c(C(=O)NCc3ccc(Cl)cc3)cc(=O)n(CCC)c2n(C)c1=O. The molecule has 3 rings (SSSR count). The Kier molecular flexibility index (Phi) is 6.80. The van der Waals surface area contributed by atoms with E-state index in [0.717, 1.165) is 10.1 Å². The molecule has 0 radical (unpaired) electrons. The summed E-state index contributed by atoms with van der Waals surface area (Å²) in [6.07, 6.45) is 1.21. The second-order valence-corrected chi connectivity index (χ2v) is 7.79. The van der Waals surface area contributed by atoms with Gasteiger partial charge in [0.1, 0.15) is 5.65 Å². The van der Waals surface area contributed by atoms with E-state index in [2.05, 4.69) is 5.32 Å². The van der Waals surface area contributed by atoms with E-state index >= 15 is 0 Å². The van der Waals surface area contributed by atoms with E-state index in [1.807, 2.05) is 13.8 Å². The predicted molar refractivity (Wildman–Crippen MR) is 121 cm³/mol. The average Bonchev–Trinajstić information content (AvgIpc) is 2.75. The monoisotopic (exact) mass is 444 g/mol. The number of nitrogens with zero attached hydrogens (tertiary/aromatic N) is 3. The largest absolute Gasteiger partial charge is 0.348 e. The molecule has 0 unspecified atom stereocenters. The van der Waals surface area contributed by atoms with Gasteiger partial charge in [-0.05, 0) is 30.5 Å². The summed E-state index contributed by atoms with van der Waals surface area (Å²) in [5.74, 6) is -0.556. The minimum absolute atomic E-state index is 0.0354. The van der Waals surface area contributed by atoms with E-state index < -0.39 is 22.7 Å². The first-order valence-corrected chi connectivity index (χ1v) is 10.6. The number of rotatable bonds is 7. The molecule has 0 aliphatic carbocycles. The molecule has 0 saturated carbocycles. The lowest BCUT2D eigenvalue weighted by atomic mass is 10.1. The van der Waals surface area contributed by atoms with Crippen molar-refractivity contribution >= 4 is 28.5 Å². The van der Waals surface area contributed by atoms with Crippen LogP contribution >= 0.6 is 11.6 Å². The fourth-order valence-corrected chi connectivity index (χ4v) is 3.73. The molecule has 31 heavy (non-hydrogen) atoms. The highest BCUT2D eigenvalue weighted by Gasteiger charge is 2.22. The lowest BCUT2D eigenvalue weighted by Crippen LogP contribution is -2.42. The maximum atomic E-state index is 13.2. The smallest absolute Gasteiger partial charge is 0.332 e. The highest BCUT2D eigenvalue weighted by Crippen LogP contribution is 2.14. The van der Waals surface area contributed by atoms with Gasteiger partial charge in [0, 0.05) is 37.8 Å². The molecule has 0 aliphatic heterocycles. The number of hydrogen-bond acceptors (Lipinski definition) is 4. The Balaban J connectivity index is 2.20. The van der Waals surface area contributed by atoms with Gasteiger partial charge < -0.3 is 5.32 Å². The van der Waals surface area contributed by atoms with Crippen molar-refractivity contribution in [3.8, 4) is 0 Å². The van der Waals surface area contributed by atoms with E-state index in [0.29, 0.717) is 24.4 Å². The minimum Gasteiger partial charge on any atom is -0.348 e. The van der Waals surface area contributed by atoms with Gasteiger partial charge in [-0.25, -0.2) is 4.79 Å². The van der Waals surface area contributed by atoms with Crippen LogP contribution in [0.4, 0.5) is 0 Å². The maximum absolute atomic E-state index is 13.2. The van der Waals surface area contributed by atoms with Crippen LogP contribution in [0.5, 0.6) is 0 Å². The molecule has 3 aromatic rings. The molecule has 8 nitrogen and oxygen atoms in total. The third kappa shape index (κ3) is 4.34. The van der Waals surface area contributed by atoms with Gasteiger partial charge in [0.25, 0.3) is 17.0 Å². The van der Waals surface area contributed by atoms with Crippen molar-refractivity contribution in [1.29, 1.82) is 0 Å². The Labute approximate surface area is 183 Å². The van der Waals surface area contributed by atoms with Gasteiger partial charge in [-0.2, -0.15) is 0 Å². The van der Waals surface area contributed by atoms with Crippen LogP contribution < -0.4 is 22.1 Å². The summed E-state index contributed by atoms with van der Waals surface area (Å²) in [4.78, 5) is 51.8. The summed E-state index contributed by atoms with van der Waals surface area (Å²) in [6.45, 7) is 4.49. The lowest BCUT2D eigenvalue weighted by Gasteiger charge is -2.17. The molecule has 0 saturated heterocycles. The molecular weight excluding hydrogens is 420 g/mol. The van der Waals surface area contributed by atoms with Crippen molar-refractivity contribution in [3.63, 3.8) is 0 Å². The summed E-state index contributed by atoms with van der Waals surface area (Å²) in [7, 11) is 1.51. The standard InChI is InChI=1S/C22H25ClN4O4/c1-4-10-26-17(28)12-16(19(29)24-13-14-6-8-15(23)9-7-14)18-20(26)25(3)22(31)27(11-5-2)21(18)30/h6-9,12H,4-5,10-11,13H2,1-3H3,(H,24,29). The highest BCUT2D eigenvalue weighted by atomic mass is 35.5. The average molecular weight is 445 g/mol. The molecule has 0 bridgehead atoms. The Bertz CT molecular complexity index is 1300. The quantitative estimate of drug-likeness (QED) is 0.604. The third-order valence-corrected chi connectivity index (χ3v) is 5.33. The lowest BCUT2D eigenvalue weighted by molar-refractivity contribution is 0.0952. The minimum atomic E-state index is -0.568. The zero-order chi connectivity index (χ0) is 22.7. The zero-order valence-electron chi connectivity index (χ0n) is 17.8. The van der Waals surface area contributed by atoms with Gasteiger partial charge >= 0.3 is 5.69 Å². The number of nitrogens with one attached hydrogen (secondary N) is 1. The normalized spacial score (nSPS) is 11.1. The second kappa shape index (κ2) is 9.34. The van der Waals surface area contributed by atoms with Crippen LogP contribution in [0.3, 0.4) is 0 Å². The number of aryl methyl sites for hydroxylation is 2. The summed E-state index contributed by atoms with van der Waals surface area (Å²) < 4.78 is 3.77. The van der Waals surface area contributed by atoms with Gasteiger partial charge in [0.15, 0.2) is 0 Å². The summed E-state index contributed by atoms with van der Waals surface area (Å²) in [6, 6.07) is 8.15. The van der Waals surface area contributed by atoms with Crippen LogP contribution in [0.15, 0.2) is 44.7 Å². The van der Waals surface area contributed by atoms with Crippen molar-refractivity contribution in [1.82, 2.24) is 19.0 Å². The van der Waals surface area contributed by atoms with E-state index in [-0.39, 0.29) is 29.7 Å². The number of carbonyl (C=O) groups excluding carboxylic acids is 1. The fourth-order valence-electron chi connectivity index (χ4n) is 3.61. The molecular formula is C22H25ClN4O4. The van der Waals surface area contributed by atoms with Crippen LogP contribution in [0, 0.1) is 0 Å². The molecule has 1 amide bonds. The van der Waals surface area contributed by atoms with E-state index in [1.54, 1.807) is 24.3 Å². The molecule has 0 atom stereocenters. The van der Waals surface area contributed by atoms with E-state index in [4.69, 9.17) is 11.6 Å². The van der Waals surface area contributed by atoms with Crippen LogP contribution in [-0.4, -0.2) is 19.6 Å². The number of fused-ring (bicyclic) bond motifs is 1. The zero-order valence-corrected chi connectivity index (χ0v) is 18.5. The van der Waals surface area contributed by atoms with Gasteiger partial charge in [-0.3, -0.25) is 28.1 Å². The van der Waals surface area contributed by atoms with Crippen LogP contribution in [0.1, 0.15) is 42.6 Å². The van der Waals surface area contributed by atoms with Crippen molar-refractivity contribution < 1.29 is 4.79 Å². The first-order chi connectivity index (χ1) is 14.8. The molecule has 2 aromatic heterocycles. The number of benzene rings is 1. The molecule has 0 spiro atoms. The number of hydrogen-bond donors (Lipinski definition) is 1. The van der Waals surface area contributed by atoms with Crippen LogP contribution in [0.2, 0.25) is 5.02 Å².